The topological polar surface area (TPSA) is 63.7 Å². The smallest absolute Gasteiger partial charge is 0.270 e. The van der Waals surface area contributed by atoms with Crippen LogP contribution < -0.4 is 9.04 Å². The summed E-state index contributed by atoms with van der Waals surface area (Å²) in [6.45, 7) is 0. The number of halogens is 1. The molecule has 1 amide bonds. The Hall–Kier alpha value is -3.61. The fourth-order valence-electron chi connectivity index (χ4n) is 3.70. The summed E-state index contributed by atoms with van der Waals surface area (Å²) < 4.78 is 33.7. The van der Waals surface area contributed by atoms with E-state index in [1.165, 1.54) is 31.4 Å². The Morgan fingerprint density at radius 3 is 1.74 bits per heavy atom. The lowest BCUT2D eigenvalue weighted by molar-refractivity contribution is -0.118. The molecule has 34 heavy (non-hydrogen) atoms. The molecule has 0 aromatic heterocycles. The molecule has 0 aliphatic carbocycles. The van der Waals surface area contributed by atoms with Gasteiger partial charge in [0.2, 0.25) is 0 Å². The normalized spacial score (nSPS) is 11.3. The first-order valence-corrected chi connectivity index (χ1v) is 12.3. The quantitative estimate of drug-likeness (QED) is 0.323. The van der Waals surface area contributed by atoms with Crippen molar-refractivity contribution < 1.29 is 17.9 Å². The Kier molecular flexibility index (Phi) is 7.01. The minimum Gasteiger partial charge on any atom is -0.497 e. The highest BCUT2D eigenvalue weighted by Gasteiger charge is 2.37. The summed E-state index contributed by atoms with van der Waals surface area (Å²) in [5.41, 5.74) is 1.57. The second kappa shape index (κ2) is 10.1. The zero-order valence-corrected chi connectivity index (χ0v) is 19.9. The molecular weight excluding hydrogens is 470 g/mol. The van der Waals surface area contributed by atoms with Crippen molar-refractivity contribution >= 4 is 33.2 Å². The van der Waals surface area contributed by atoms with Gasteiger partial charge in [-0.3, -0.25) is 4.79 Å². The number of hydrogen-bond donors (Lipinski definition) is 0. The van der Waals surface area contributed by atoms with E-state index in [-0.39, 0.29) is 10.6 Å². The third-order valence-electron chi connectivity index (χ3n) is 5.37. The second-order valence-electron chi connectivity index (χ2n) is 7.51. The van der Waals surface area contributed by atoms with Crippen molar-refractivity contribution in [3.05, 3.63) is 125 Å². The molecular formula is C27H22ClNO4S. The van der Waals surface area contributed by atoms with Gasteiger partial charge in [-0.25, -0.2) is 12.7 Å². The van der Waals surface area contributed by atoms with Gasteiger partial charge in [-0.2, -0.15) is 0 Å². The van der Waals surface area contributed by atoms with E-state index in [1.54, 1.807) is 24.3 Å². The molecule has 0 N–H and O–H groups in total. The number of sulfonamides is 1. The molecule has 4 aromatic carbocycles. The molecule has 0 aliphatic heterocycles. The van der Waals surface area contributed by atoms with Crippen LogP contribution in [0.15, 0.2) is 114 Å². The molecule has 0 saturated carbocycles. The maximum absolute atomic E-state index is 14.2. The van der Waals surface area contributed by atoms with Crippen molar-refractivity contribution in [3.63, 3.8) is 0 Å². The molecule has 4 rings (SSSR count). The minimum atomic E-state index is -4.27. The van der Waals surface area contributed by atoms with Crippen LogP contribution in [0.3, 0.4) is 0 Å². The molecule has 0 heterocycles. The number of nitrogens with zero attached hydrogens (tertiary/aromatic N) is 1. The van der Waals surface area contributed by atoms with Crippen molar-refractivity contribution in [2.45, 2.75) is 10.8 Å². The van der Waals surface area contributed by atoms with Gasteiger partial charge in [-0.15, -0.1) is 0 Å². The standard InChI is InChI=1S/C27H22ClNO4S/c1-33-24-16-14-23(15-17-24)29(34(31,32)25-18-12-22(28)13-19-25)27(30)26(20-8-4-2-5-9-20)21-10-6-3-7-11-21/h2-19,26H,1H3. The fourth-order valence-corrected chi connectivity index (χ4v) is 5.26. The molecule has 5 nitrogen and oxygen atoms in total. The van der Waals surface area contributed by atoms with Gasteiger partial charge >= 0.3 is 0 Å². The average molecular weight is 492 g/mol. The third-order valence-corrected chi connectivity index (χ3v) is 7.36. The van der Waals surface area contributed by atoms with Crippen molar-refractivity contribution in [1.82, 2.24) is 0 Å². The van der Waals surface area contributed by atoms with E-state index in [4.69, 9.17) is 16.3 Å². The van der Waals surface area contributed by atoms with Gasteiger partial charge in [0, 0.05) is 5.02 Å². The number of amides is 1. The highest BCUT2D eigenvalue weighted by molar-refractivity contribution is 7.93. The number of carbonyl (C=O) groups is 1. The molecule has 0 saturated heterocycles. The SMILES string of the molecule is COc1ccc(N(C(=O)C(c2ccccc2)c2ccccc2)S(=O)(=O)c2ccc(Cl)cc2)cc1. The van der Waals surface area contributed by atoms with Crippen molar-refractivity contribution in [2.24, 2.45) is 0 Å². The molecule has 172 valence electrons. The lowest BCUT2D eigenvalue weighted by atomic mass is 9.90. The van der Waals surface area contributed by atoms with Crippen LogP contribution in [0.5, 0.6) is 5.75 Å². The van der Waals surface area contributed by atoms with E-state index in [0.717, 1.165) is 4.31 Å². The van der Waals surface area contributed by atoms with E-state index in [1.807, 2.05) is 60.7 Å². The molecule has 0 atom stereocenters. The van der Waals surface area contributed by atoms with Crippen LogP contribution in [0, 0.1) is 0 Å². The zero-order chi connectivity index (χ0) is 24.1. The van der Waals surface area contributed by atoms with E-state index >= 15 is 0 Å². The molecule has 0 spiro atoms. The maximum atomic E-state index is 14.2. The lowest BCUT2D eigenvalue weighted by Gasteiger charge is -2.28. The van der Waals surface area contributed by atoms with Crippen LogP contribution >= 0.6 is 11.6 Å². The molecule has 0 bridgehead atoms. The summed E-state index contributed by atoms with van der Waals surface area (Å²) in [6.07, 6.45) is 0. The monoisotopic (exact) mass is 491 g/mol. The van der Waals surface area contributed by atoms with Crippen molar-refractivity contribution in [2.75, 3.05) is 11.4 Å². The number of methoxy groups -OCH3 is 1. The third kappa shape index (κ3) is 4.83. The summed E-state index contributed by atoms with van der Waals surface area (Å²) >= 11 is 5.98. The predicted octanol–water partition coefficient (Wildman–Crippen LogP) is 5.90. The fraction of sp³-hybridized carbons (Fsp3) is 0.0741. The average Bonchev–Trinajstić information content (AvgIpc) is 2.86. The van der Waals surface area contributed by atoms with E-state index < -0.39 is 21.8 Å². The number of benzene rings is 4. The Morgan fingerprint density at radius 1 is 0.765 bits per heavy atom. The van der Waals surface area contributed by atoms with E-state index in [9.17, 15) is 13.2 Å². The van der Waals surface area contributed by atoms with E-state index in [2.05, 4.69) is 0 Å². The second-order valence-corrected chi connectivity index (χ2v) is 9.74. The zero-order valence-electron chi connectivity index (χ0n) is 18.3. The highest BCUT2D eigenvalue weighted by Crippen LogP contribution is 2.33. The van der Waals surface area contributed by atoms with Crippen LogP contribution in [0.4, 0.5) is 5.69 Å². The summed E-state index contributed by atoms with van der Waals surface area (Å²) in [5, 5.41) is 0.396. The Bertz CT molecular complexity index is 1320. The first-order valence-electron chi connectivity index (χ1n) is 10.5. The minimum absolute atomic E-state index is 0.0408. The van der Waals surface area contributed by atoms with Gasteiger partial charge in [0.05, 0.1) is 23.6 Å². The number of rotatable bonds is 7. The summed E-state index contributed by atoms with van der Waals surface area (Å²) in [4.78, 5) is 14.1. The molecule has 0 fully saturated rings. The number of anilines is 1. The number of hydrogen-bond acceptors (Lipinski definition) is 4. The maximum Gasteiger partial charge on any atom is 0.270 e. The van der Waals surface area contributed by atoms with Gasteiger partial charge in [0.15, 0.2) is 0 Å². The molecule has 7 heteroatoms. The van der Waals surface area contributed by atoms with E-state index in [0.29, 0.717) is 21.9 Å². The summed E-state index contributed by atoms with van der Waals surface area (Å²) in [7, 11) is -2.75. The number of carbonyl (C=O) groups excluding carboxylic acids is 1. The molecule has 0 aliphatic rings. The lowest BCUT2D eigenvalue weighted by Crippen LogP contribution is -2.40. The molecule has 4 aromatic rings. The van der Waals surface area contributed by atoms with Gasteiger partial charge in [0.25, 0.3) is 15.9 Å². The van der Waals surface area contributed by atoms with Crippen LogP contribution in [0.25, 0.3) is 0 Å². The van der Waals surface area contributed by atoms with Gasteiger partial charge < -0.3 is 4.74 Å². The van der Waals surface area contributed by atoms with Crippen LogP contribution in [0.1, 0.15) is 17.0 Å². The largest absolute Gasteiger partial charge is 0.497 e. The van der Waals surface area contributed by atoms with Crippen molar-refractivity contribution in [3.8, 4) is 5.75 Å². The predicted molar refractivity (Wildman–Crippen MR) is 134 cm³/mol. The number of ether oxygens (including phenoxy) is 1. The summed E-state index contributed by atoms with van der Waals surface area (Å²) in [6, 6.07) is 30.3. The van der Waals surface area contributed by atoms with Gasteiger partial charge in [0.1, 0.15) is 5.75 Å². The molecule has 0 radical (unpaired) electrons. The first kappa shape index (κ1) is 23.5. The highest BCUT2D eigenvalue weighted by atomic mass is 35.5. The van der Waals surface area contributed by atoms with Gasteiger partial charge in [-0.1, -0.05) is 72.3 Å². The first-order chi connectivity index (χ1) is 16.4. The Balaban J connectivity index is 1.90. The van der Waals surface area contributed by atoms with Gasteiger partial charge in [-0.05, 0) is 59.7 Å². The Labute approximate surface area is 204 Å². The van der Waals surface area contributed by atoms with Crippen LogP contribution in [-0.2, 0) is 14.8 Å². The Morgan fingerprint density at radius 2 is 1.26 bits per heavy atom. The van der Waals surface area contributed by atoms with Crippen LogP contribution in [-0.4, -0.2) is 21.4 Å². The van der Waals surface area contributed by atoms with Crippen LogP contribution in [0.2, 0.25) is 5.02 Å². The van der Waals surface area contributed by atoms with Crippen molar-refractivity contribution in [1.29, 1.82) is 0 Å². The summed E-state index contributed by atoms with van der Waals surface area (Å²) in [5.74, 6) is -0.896. The molecule has 0 unspecified atom stereocenters.